The molecule has 1 aromatic carbocycles. The molecule has 1 N–H and O–H groups in total. The molecular formula is C36H51N3O5. The first-order valence-electron chi connectivity index (χ1n) is 16.4. The average Bonchev–Trinajstić information content (AvgIpc) is 3.25. The van der Waals surface area contributed by atoms with Gasteiger partial charge in [-0.2, -0.15) is 0 Å². The molecule has 44 heavy (non-hydrogen) atoms. The van der Waals surface area contributed by atoms with Crippen LogP contribution >= 0.6 is 0 Å². The Hall–Kier alpha value is -2.97. The monoisotopic (exact) mass is 605 g/mol. The van der Waals surface area contributed by atoms with Crippen LogP contribution in [-0.4, -0.2) is 92.6 Å². The topological polar surface area (TPSA) is 90.4 Å². The zero-order chi connectivity index (χ0) is 32.1. The number of likely N-dealkylation sites (tertiary alicyclic amines) is 1. The van der Waals surface area contributed by atoms with E-state index in [4.69, 9.17) is 4.74 Å². The number of fused-ring (bicyclic) bond motifs is 2. The van der Waals surface area contributed by atoms with Gasteiger partial charge < -0.3 is 24.5 Å². The van der Waals surface area contributed by atoms with Crippen molar-refractivity contribution in [3.63, 3.8) is 0 Å². The van der Waals surface area contributed by atoms with Crippen LogP contribution in [-0.2, 0) is 25.5 Å². The summed E-state index contributed by atoms with van der Waals surface area (Å²) in [6.07, 6.45) is 10.3. The lowest BCUT2D eigenvalue weighted by atomic mass is 9.72. The summed E-state index contributed by atoms with van der Waals surface area (Å²) in [6.45, 7) is 15.8. The summed E-state index contributed by atoms with van der Waals surface area (Å²) in [6, 6.07) is 8.04. The molecule has 4 heterocycles. The van der Waals surface area contributed by atoms with Gasteiger partial charge in [0.25, 0.3) is 0 Å². The van der Waals surface area contributed by atoms with Crippen LogP contribution in [0.4, 0.5) is 0 Å². The van der Waals surface area contributed by atoms with E-state index in [1.54, 1.807) is 4.90 Å². The fraction of sp³-hybridized carbons (Fsp3) is 0.639. The fourth-order valence-corrected chi connectivity index (χ4v) is 8.69. The number of hydrogen-bond donors (Lipinski definition) is 1. The van der Waals surface area contributed by atoms with E-state index in [-0.39, 0.29) is 29.7 Å². The largest absolute Gasteiger partial charge is 0.394 e. The van der Waals surface area contributed by atoms with Crippen molar-refractivity contribution in [3.05, 3.63) is 60.2 Å². The lowest BCUT2D eigenvalue weighted by Gasteiger charge is -2.46. The number of aliphatic hydroxyl groups is 1. The molecule has 0 bridgehead atoms. The number of benzene rings is 1. The Bertz CT molecular complexity index is 1320. The molecule has 2 saturated heterocycles. The number of ether oxygens (including phenoxy) is 1. The van der Waals surface area contributed by atoms with E-state index >= 15 is 4.79 Å². The third-order valence-electron chi connectivity index (χ3n) is 10.1. The maximum absolute atomic E-state index is 15.1. The number of nitrogens with zero attached hydrogens (tertiary/aromatic N) is 3. The van der Waals surface area contributed by atoms with Gasteiger partial charge in [-0.15, -0.1) is 0 Å². The van der Waals surface area contributed by atoms with Crippen molar-refractivity contribution in [1.29, 1.82) is 0 Å². The van der Waals surface area contributed by atoms with E-state index in [0.717, 1.165) is 18.4 Å². The molecule has 1 unspecified atom stereocenters. The number of carbonyl (C=O) groups excluding carboxylic acids is 3. The molecule has 3 amide bonds. The highest BCUT2D eigenvalue weighted by atomic mass is 16.5. The predicted molar refractivity (Wildman–Crippen MR) is 170 cm³/mol. The Morgan fingerprint density at radius 2 is 1.61 bits per heavy atom. The Morgan fingerprint density at radius 1 is 0.932 bits per heavy atom. The van der Waals surface area contributed by atoms with Crippen molar-refractivity contribution in [2.24, 2.45) is 17.3 Å². The van der Waals surface area contributed by atoms with Crippen LogP contribution in [0.1, 0.15) is 73.3 Å². The van der Waals surface area contributed by atoms with Gasteiger partial charge in [0.2, 0.25) is 17.7 Å². The highest BCUT2D eigenvalue weighted by Crippen LogP contribution is 2.59. The summed E-state index contributed by atoms with van der Waals surface area (Å²) < 4.78 is 7.14. The van der Waals surface area contributed by atoms with E-state index in [2.05, 4.69) is 34.6 Å². The number of amides is 3. The third kappa shape index (κ3) is 5.32. The summed E-state index contributed by atoms with van der Waals surface area (Å²) in [5.74, 6) is -2.26. The van der Waals surface area contributed by atoms with Gasteiger partial charge in [-0.25, -0.2) is 0 Å². The normalized spacial score (nSPS) is 31.1. The van der Waals surface area contributed by atoms with Gasteiger partial charge in [-0.3, -0.25) is 14.4 Å². The lowest BCUT2D eigenvalue weighted by Crippen LogP contribution is -2.62. The highest BCUT2D eigenvalue weighted by Gasteiger charge is 2.76. The quantitative estimate of drug-likeness (QED) is 0.423. The van der Waals surface area contributed by atoms with Crippen molar-refractivity contribution in [2.75, 3.05) is 26.2 Å². The second kappa shape index (κ2) is 11.8. The molecule has 0 radical (unpaired) electrons. The molecule has 5 rings (SSSR count). The Kier molecular flexibility index (Phi) is 8.66. The Morgan fingerprint density at radius 3 is 2.23 bits per heavy atom. The van der Waals surface area contributed by atoms with Crippen molar-refractivity contribution < 1.29 is 24.2 Å². The maximum atomic E-state index is 15.1. The molecule has 8 heteroatoms. The second-order valence-corrected chi connectivity index (χ2v) is 15.0. The zero-order valence-corrected chi connectivity index (χ0v) is 27.6. The van der Waals surface area contributed by atoms with Gasteiger partial charge in [0.05, 0.1) is 30.1 Å². The zero-order valence-electron chi connectivity index (χ0n) is 27.6. The smallest absolute Gasteiger partial charge is 0.249 e. The highest BCUT2D eigenvalue weighted by molar-refractivity contribution is 6.00. The van der Waals surface area contributed by atoms with Crippen LogP contribution in [0.15, 0.2) is 54.6 Å². The lowest BCUT2D eigenvalue weighted by molar-refractivity contribution is -0.160. The van der Waals surface area contributed by atoms with Crippen LogP contribution < -0.4 is 0 Å². The molecule has 0 aliphatic carbocycles. The van der Waals surface area contributed by atoms with Crippen LogP contribution in [0.2, 0.25) is 0 Å². The predicted octanol–water partition coefficient (Wildman–Crippen LogP) is 4.37. The van der Waals surface area contributed by atoms with Gasteiger partial charge in [-0.1, -0.05) is 89.3 Å². The Labute approximate surface area is 263 Å². The minimum absolute atomic E-state index is 0.0462. The van der Waals surface area contributed by atoms with Crippen LogP contribution in [0.25, 0.3) is 0 Å². The molecular weight excluding hydrogens is 554 g/mol. The van der Waals surface area contributed by atoms with Crippen LogP contribution in [0.3, 0.4) is 0 Å². The van der Waals surface area contributed by atoms with E-state index in [1.807, 2.05) is 78.3 Å². The number of carbonyl (C=O) groups is 3. The van der Waals surface area contributed by atoms with Crippen molar-refractivity contribution >= 4 is 17.7 Å². The first kappa shape index (κ1) is 32.4. The molecule has 6 atom stereocenters. The van der Waals surface area contributed by atoms with Gasteiger partial charge >= 0.3 is 0 Å². The summed E-state index contributed by atoms with van der Waals surface area (Å²) >= 11 is 0. The molecule has 2 fully saturated rings. The molecule has 4 aliphatic heterocycles. The van der Waals surface area contributed by atoms with Gasteiger partial charge in [0.1, 0.15) is 11.6 Å². The van der Waals surface area contributed by atoms with E-state index in [9.17, 15) is 14.7 Å². The van der Waals surface area contributed by atoms with Crippen molar-refractivity contribution in [3.8, 4) is 0 Å². The van der Waals surface area contributed by atoms with Gasteiger partial charge in [-0.05, 0) is 50.5 Å². The summed E-state index contributed by atoms with van der Waals surface area (Å²) in [4.78, 5) is 49.7. The molecule has 8 nitrogen and oxygen atoms in total. The number of aliphatic hydroxyl groups excluding tert-OH is 1. The molecule has 240 valence electrons. The SMILES string of the molecule is CCCN1CC=C[C@@]2(CC)O[C@]34C=CCN(C(C)(C)CC(C)(C)C)C(=O)C3N([C@@H](CO)Cc3ccccc3)C(=O)[C@@H]4[C@H]2C1=O. The van der Waals surface area contributed by atoms with E-state index in [1.165, 1.54) is 0 Å². The summed E-state index contributed by atoms with van der Waals surface area (Å²) in [7, 11) is 0. The van der Waals surface area contributed by atoms with Gasteiger partial charge in [0.15, 0.2) is 0 Å². The van der Waals surface area contributed by atoms with E-state index < -0.39 is 40.7 Å². The maximum Gasteiger partial charge on any atom is 0.249 e. The van der Waals surface area contributed by atoms with Crippen molar-refractivity contribution in [1.82, 2.24) is 14.7 Å². The van der Waals surface area contributed by atoms with E-state index in [0.29, 0.717) is 32.5 Å². The third-order valence-corrected chi connectivity index (χ3v) is 10.1. The van der Waals surface area contributed by atoms with Gasteiger partial charge in [0, 0.05) is 25.2 Å². The summed E-state index contributed by atoms with van der Waals surface area (Å²) in [5.41, 5.74) is -1.97. The average molecular weight is 606 g/mol. The van der Waals surface area contributed by atoms with Crippen LogP contribution in [0.5, 0.6) is 0 Å². The van der Waals surface area contributed by atoms with Crippen molar-refractivity contribution in [2.45, 2.75) is 103 Å². The summed E-state index contributed by atoms with van der Waals surface area (Å²) in [5, 5.41) is 10.8. The standard InChI is InChI=1S/C36H51N3O5/c1-8-19-37-20-13-17-35(9-2)27(30(37)41)28-31(42)39(26(23-40)22-25-15-11-10-12-16-25)29-32(43)38(21-14-18-36(28,29)44-35)34(6,7)24-33(3,4)5/h10-18,26-29,40H,8-9,19-24H2,1-7H3/t26-,27+,28+,29?,35-,36+/m1/s1. The fourth-order valence-electron chi connectivity index (χ4n) is 8.69. The Balaban J connectivity index is 1.68. The number of rotatable bonds is 9. The van der Waals surface area contributed by atoms with Crippen LogP contribution in [0, 0.1) is 17.3 Å². The minimum atomic E-state index is -1.35. The molecule has 0 aromatic heterocycles. The first-order chi connectivity index (χ1) is 20.7. The minimum Gasteiger partial charge on any atom is -0.394 e. The second-order valence-electron chi connectivity index (χ2n) is 15.0. The molecule has 1 aromatic rings. The first-order valence-corrected chi connectivity index (χ1v) is 16.4. The molecule has 4 aliphatic rings. The molecule has 0 saturated carbocycles. The number of hydrogen-bond acceptors (Lipinski definition) is 5. The molecule has 1 spiro atoms.